The number of amides is 1. The number of nitrogens with two attached hydrogens (primary N) is 1. The van der Waals surface area contributed by atoms with Crippen LogP contribution in [0.15, 0.2) is 24.3 Å². The Bertz CT molecular complexity index is 430. The molecule has 112 valence electrons. The van der Waals surface area contributed by atoms with Gasteiger partial charge in [-0.25, -0.2) is 0 Å². The van der Waals surface area contributed by atoms with Gasteiger partial charge in [0.15, 0.2) is 0 Å². The predicted octanol–water partition coefficient (Wildman–Crippen LogP) is 1.44. The Morgan fingerprint density at radius 3 is 2.75 bits per heavy atom. The summed E-state index contributed by atoms with van der Waals surface area (Å²) in [7, 11) is 0. The topological polar surface area (TPSA) is 73.6 Å². The van der Waals surface area contributed by atoms with Gasteiger partial charge in [0.25, 0.3) is 0 Å². The zero-order valence-electron chi connectivity index (χ0n) is 11.1. The maximum Gasteiger partial charge on any atom is 0.387 e. The van der Waals surface area contributed by atoms with Crippen molar-refractivity contribution in [3.63, 3.8) is 0 Å². The number of benzene rings is 1. The Balaban J connectivity index is 2.62. The fraction of sp³-hybridized carbons (Fsp3) is 0.462. The third-order valence-electron chi connectivity index (χ3n) is 2.47. The molecule has 1 aromatic rings. The lowest BCUT2D eigenvalue weighted by atomic mass is 10.1. The minimum absolute atomic E-state index is 0.0400. The molecule has 0 saturated carbocycles. The number of hydrogen-bond donors (Lipinski definition) is 2. The van der Waals surface area contributed by atoms with Crippen molar-refractivity contribution in [1.82, 2.24) is 5.32 Å². The lowest BCUT2D eigenvalue weighted by molar-refractivity contribution is -0.126. The van der Waals surface area contributed by atoms with Crippen LogP contribution in [0.4, 0.5) is 8.78 Å². The fourth-order valence-corrected chi connectivity index (χ4v) is 1.65. The zero-order chi connectivity index (χ0) is 15.0. The summed E-state index contributed by atoms with van der Waals surface area (Å²) in [6.07, 6.45) is 0. The summed E-state index contributed by atoms with van der Waals surface area (Å²) < 4.78 is 34.0. The van der Waals surface area contributed by atoms with Crippen LogP contribution in [-0.2, 0) is 9.53 Å². The van der Waals surface area contributed by atoms with E-state index in [4.69, 9.17) is 10.5 Å². The number of para-hydroxylation sites is 1. The lowest BCUT2D eigenvalue weighted by Gasteiger charge is -2.18. The average molecular weight is 288 g/mol. The number of nitrogens with one attached hydrogen (secondary N) is 1. The number of hydrogen-bond acceptors (Lipinski definition) is 4. The van der Waals surface area contributed by atoms with Crippen LogP contribution in [-0.4, -0.2) is 32.3 Å². The van der Waals surface area contributed by atoms with Gasteiger partial charge in [-0.15, -0.1) is 0 Å². The van der Waals surface area contributed by atoms with Crippen molar-refractivity contribution in [1.29, 1.82) is 0 Å². The molecule has 20 heavy (non-hydrogen) atoms. The molecule has 0 aliphatic carbocycles. The quantitative estimate of drug-likeness (QED) is 0.710. The van der Waals surface area contributed by atoms with E-state index in [1.165, 1.54) is 6.07 Å². The maximum atomic E-state index is 12.3. The van der Waals surface area contributed by atoms with E-state index in [-0.39, 0.29) is 24.9 Å². The van der Waals surface area contributed by atoms with E-state index in [1.807, 2.05) is 0 Å². The second-order valence-corrected chi connectivity index (χ2v) is 4.05. The van der Waals surface area contributed by atoms with Crippen LogP contribution in [0.3, 0.4) is 0 Å². The molecule has 1 unspecified atom stereocenters. The molecule has 0 bridgehead atoms. The van der Waals surface area contributed by atoms with Gasteiger partial charge in [-0.05, 0) is 13.0 Å². The van der Waals surface area contributed by atoms with Gasteiger partial charge in [-0.2, -0.15) is 8.78 Å². The molecule has 0 aliphatic heterocycles. The van der Waals surface area contributed by atoms with Gasteiger partial charge in [0.1, 0.15) is 12.4 Å². The summed E-state index contributed by atoms with van der Waals surface area (Å²) in [6, 6.07) is 5.83. The van der Waals surface area contributed by atoms with Gasteiger partial charge in [-0.1, -0.05) is 18.2 Å². The number of halogens is 2. The summed E-state index contributed by atoms with van der Waals surface area (Å²) in [5.41, 5.74) is 5.70. The van der Waals surface area contributed by atoms with Crippen LogP contribution in [0.5, 0.6) is 5.75 Å². The molecule has 0 aliphatic rings. The lowest BCUT2D eigenvalue weighted by Crippen LogP contribution is -2.31. The molecule has 0 heterocycles. The van der Waals surface area contributed by atoms with E-state index in [2.05, 4.69) is 10.1 Å². The molecule has 0 spiro atoms. The van der Waals surface area contributed by atoms with Gasteiger partial charge >= 0.3 is 6.61 Å². The molecule has 5 nitrogen and oxygen atoms in total. The van der Waals surface area contributed by atoms with Crippen LogP contribution < -0.4 is 15.8 Å². The molecule has 1 rings (SSSR count). The molecule has 7 heteroatoms. The maximum absolute atomic E-state index is 12.3. The van der Waals surface area contributed by atoms with Gasteiger partial charge in [-0.3, -0.25) is 4.79 Å². The highest BCUT2D eigenvalue weighted by Crippen LogP contribution is 2.26. The number of rotatable bonds is 8. The SMILES string of the molecule is CC(NC(=O)COCCN)c1ccccc1OC(F)F. The highest BCUT2D eigenvalue weighted by Gasteiger charge is 2.16. The van der Waals surface area contributed by atoms with Gasteiger partial charge < -0.3 is 20.5 Å². The smallest absolute Gasteiger partial charge is 0.387 e. The van der Waals surface area contributed by atoms with E-state index in [9.17, 15) is 13.6 Å². The van der Waals surface area contributed by atoms with Crippen LogP contribution in [0.1, 0.15) is 18.5 Å². The van der Waals surface area contributed by atoms with E-state index in [1.54, 1.807) is 25.1 Å². The summed E-state index contributed by atoms with van der Waals surface area (Å²) in [6.45, 7) is -0.749. The van der Waals surface area contributed by atoms with E-state index < -0.39 is 12.7 Å². The third-order valence-corrected chi connectivity index (χ3v) is 2.47. The van der Waals surface area contributed by atoms with Crippen LogP contribution in [0.2, 0.25) is 0 Å². The van der Waals surface area contributed by atoms with Crippen molar-refractivity contribution in [2.45, 2.75) is 19.6 Å². The predicted molar refractivity (Wildman–Crippen MR) is 69.5 cm³/mol. The van der Waals surface area contributed by atoms with Crippen molar-refractivity contribution in [2.75, 3.05) is 19.8 Å². The fourth-order valence-electron chi connectivity index (χ4n) is 1.65. The first kappa shape index (κ1) is 16.3. The number of ether oxygens (including phenoxy) is 2. The normalized spacial score (nSPS) is 12.2. The standard InChI is InChI=1S/C13H18F2N2O3/c1-9(17-12(18)8-19-7-6-16)10-4-2-3-5-11(10)20-13(14)15/h2-5,9,13H,6-8,16H2,1H3,(H,17,18). The molecule has 0 radical (unpaired) electrons. The van der Waals surface area contributed by atoms with Gasteiger partial charge in [0.2, 0.25) is 5.91 Å². The average Bonchev–Trinajstić information content (AvgIpc) is 2.38. The Labute approximate surface area is 116 Å². The number of carbonyl (C=O) groups excluding carboxylic acids is 1. The van der Waals surface area contributed by atoms with E-state index >= 15 is 0 Å². The van der Waals surface area contributed by atoms with Crippen LogP contribution >= 0.6 is 0 Å². The monoisotopic (exact) mass is 288 g/mol. The molecule has 1 atom stereocenters. The first-order chi connectivity index (χ1) is 9.54. The molecular formula is C13H18F2N2O3. The van der Waals surface area contributed by atoms with E-state index in [0.29, 0.717) is 12.1 Å². The Hall–Kier alpha value is -1.73. The van der Waals surface area contributed by atoms with Crippen molar-refractivity contribution in [3.8, 4) is 5.75 Å². The molecule has 0 aromatic heterocycles. The van der Waals surface area contributed by atoms with Gasteiger partial charge in [0, 0.05) is 12.1 Å². The second-order valence-electron chi connectivity index (χ2n) is 4.05. The molecule has 1 amide bonds. The van der Waals surface area contributed by atoms with Crippen LogP contribution in [0, 0.1) is 0 Å². The highest BCUT2D eigenvalue weighted by molar-refractivity contribution is 5.77. The zero-order valence-corrected chi connectivity index (χ0v) is 11.1. The van der Waals surface area contributed by atoms with Crippen molar-refractivity contribution >= 4 is 5.91 Å². The molecule has 1 aromatic carbocycles. The minimum Gasteiger partial charge on any atom is -0.434 e. The number of alkyl halides is 2. The molecular weight excluding hydrogens is 270 g/mol. The van der Waals surface area contributed by atoms with Crippen molar-refractivity contribution in [2.24, 2.45) is 5.73 Å². The van der Waals surface area contributed by atoms with E-state index in [0.717, 1.165) is 0 Å². The Kier molecular flexibility index (Phi) is 6.89. The van der Waals surface area contributed by atoms with Crippen molar-refractivity contribution in [3.05, 3.63) is 29.8 Å². The van der Waals surface area contributed by atoms with Crippen LogP contribution in [0.25, 0.3) is 0 Å². The largest absolute Gasteiger partial charge is 0.434 e. The second kappa shape index (κ2) is 8.44. The summed E-state index contributed by atoms with van der Waals surface area (Å²) in [5.74, 6) is -0.309. The van der Waals surface area contributed by atoms with Gasteiger partial charge in [0.05, 0.1) is 12.6 Å². The molecule has 0 fully saturated rings. The molecule has 0 saturated heterocycles. The first-order valence-corrected chi connectivity index (χ1v) is 6.15. The highest BCUT2D eigenvalue weighted by atomic mass is 19.3. The Morgan fingerprint density at radius 2 is 2.10 bits per heavy atom. The Morgan fingerprint density at radius 1 is 1.40 bits per heavy atom. The van der Waals surface area contributed by atoms with Crippen molar-refractivity contribution < 1.29 is 23.0 Å². The summed E-state index contributed by atoms with van der Waals surface area (Å²) >= 11 is 0. The first-order valence-electron chi connectivity index (χ1n) is 6.15. The number of carbonyl (C=O) groups is 1. The summed E-state index contributed by atoms with van der Waals surface area (Å²) in [4.78, 5) is 11.6. The summed E-state index contributed by atoms with van der Waals surface area (Å²) in [5, 5.41) is 2.64. The third kappa shape index (κ3) is 5.50. The molecule has 3 N–H and O–H groups in total. The minimum atomic E-state index is -2.91.